The number of halogens is 2. The van der Waals surface area contributed by atoms with Crippen LogP contribution in [0.25, 0.3) is 0 Å². The van der Waals surface area contributed by atoms with Gasteiger partial charge in [-0.15, -0.1) is 24.0 Å². The van der Waals surface area contributed by atoms with E-state index in [1.54, 1.807) is 0 Å². The first-order valence-electron chi connectivity index (χ1n) is 9.18. The monoisotopic (exact) mass is 537 g/mol. The Labute approximate surface area is 181 Å². The Morgan fingerprint density at radius 2 is 2.04 bits per heavy atom. The summed E-state index contributed by atoms with van der Waals surface area (Å²) in [5.74, 6) is 0.919. The first-order valence-corrected chi connectivity index (χ1v) is 9.97. The highest BCUT2D eigenvalue weighted by atomic mass is 127. The third-order valence-corrected chi connectivity index (χ3v) is 5.76. The zero-order chi connectivity index (χ0) is 17.7. The van der Waals surface area contributed by atoms with Crippen molar-refractivity contribution < 1.29 is 9.84 Å². The van der Waals surface area contributed by atoms with Gasteiger partial charge in [0.15, 0.2) is 5.96 Å². The van der Waals surface area contributed by atoms with Gasteiger partial charge in [0.2, 0.25) is 0 Å². The van der Waals surface area contributed by atoms with E-state index in [0.717, 1.165) is 62.5 Å². The molecule has 2 heterocycles. The number of benzene rings is 1. The second-order valence-electron chi connectivity index (χ2n) is 6.96. The van der Waals surface area contributed by atoms with Crippen molar-refractivity contribution in [1.82, 2.24) is 10.2 Å². The van der Waals surface area contributed by atoms with Gasteiger partial charge in [0.1, 0.15) is 0 Å². The number of rotatable bonds is 4. The molecular weight excluding hydrogens is 509 g/mol. The number of nitrogens with one attached hydrogen (secondary N) is 1. The van der Waals surface area contributed by atoms with Crippen LogP contribution in [0.5, 0.6) is 0 Å². The lowest BCUT2D eigenvalue weighted by atomic mass is 9.74. The average Bonchev–Trinajstić information content (AvgIpc) is 3.06. The minimum absolute atomic E-state index is 0. The van der Waals surface area contributed by atoms with Gasteiger partial charge in [-0.05, 0) is 43.9 Å². The van der Waals surface area contributed by atoms with Crippen molar-refractivity contribution in [3.63, 3.8) is 0 Å². The summed E-state index contributed by atoms with van der Waals surface area (Å²) in [6, 6.07) is 8.63. The van der Waals surface area contributed by atoms with Gasteiger partial charge in [-0.2, -0.15) is 0 Å². The van der Waals surface area contributed by atoms with Crippen molar-refractivity contribution in [3.05, 3.63) is 34.3 Å². The van der Waals surface area contributed by atoms with E-state index in [9.17, 15) is 5.11 Å². The fourth-order valence-corrected chi connectivity index (χ4v) is 3.95. The maximum absolute atomic E-state index is 9.84. The van der Waals surface area contributed by atoms with Crippen molar-refractivity contribution in [1.29, 1.82) is 0 Å². The van der Waals surface area contributed by atoms with Crippen molar-refractivity contribution in [2.24, 2.45) is 4.99 Å². The topological polar surface area (TPSA) is 57.1 Å². The molecule has 2 aliphatic rings. The fraction of sp³-hybridized carbons (Fsp3) is 0.632. The normalized spacial score (nSPS) is 22.8. The largest absolute Gasteiger partial charge is 0.391 e. The Morgan fingerprint density at radius 3 is 2.62 bits per heavy atom. The molecule has 26 heavy (non-hydrogen) atoms. The van der Waals surface area contributed by atoms with E-state index >= 15 is 0 Å². The molecule has 0 saturated carbocycles. The van der Waals surface area contributed by atoms with Crippen LogP contribution in [0, 0.1) is 0 Å². The van der Waals surface area contributed by atoms with E-state index in [4.69, 9.17) is 9.73 Å². The van der Waals surface area contributed by atoms with E-state index in [2.05, 4.69) is 57.3 Å². The Balaban J connectivity index is 0.00000243. The quantitative estimate of drug-likeness (QED) is 0.352. The van der Waals surface area contributed by atoms with Crippen LogP contribution in [0.3, 0.4) is 0 Å². The lowest BCUT2D eigenvalue weighted by Gasteiger charge is -2.37. The number of hydrogen-bond acceptors (Lipinski definition) is 3. The lowest BCUT2D eigenvalue weighted by Crippen LogP contribution is -2.43. The molecule has 2 aliphatic heterocycles. The van der Waals surface area contributed by atoms with E-state index in [-0.39, 0.29) is 35.5 Å². The van der Waals surface area contributed by atoms with Crippen LogP contribution < -0.4 is 5.32 Å². The van der Waals surface area contributed by atoms with Gasteiger partial charge in [-0.3, -0.25) is 4.99 Å². The summed E-state index contributed by atoms with van der Waals surface area (Å²) in [7, 11) is 0. The molecule has 2 N–H and O–H groups in total. The third kappa shape index (κ3) is 5.33. The van der Waals surface area contributed by atoms with Crippen LogP contribution in [-0.4, -0.2) is 61.5 Å². The van der Waals surface area contributed by atoms with Crippen LogP contribution in [0.1, 0.15) is 31.7 Å². The molecule has 1 atom stereocenters. The number of β-amino-alcohol motifs (C(OH)–C–C–N with tert-alkyl or cyclic N) is 1. The average molecular weight is 538 g/mol. The molecule has 0 spiro atoms. The maximum atomic E-state index is 9.84. The van der Waals surface area contributed by atoms with Crippen molar-refractivity contribution >= 4 is 45.9 Å². The first kappa shape index (κ1) is 21.9. The molecule has 1 aromatic carbocycles. The molecule has 7 heteroatoms. The van der Waals surface area contributed by atoms with Crippen LogP contribution >= 0.6 is 39.9 Å². The third-order valence-electron chi connectivity index (χ3n) is 5.24. The molecule has 0 bridgehead atoms. The van der Waals surface area contributed by atoms with Gasteiger partial charge in [0.05, 0.1) is 12.6 Å². The molecule has 2 saturated heterocycles. The molecule has 1 aromatic rings. The Hall–Kier alpha value is -0.380. The number of hydrogen-bond donors (Lipinski definition) is 2. The van der Waals surface area contributed by atoms with Crippen LogP contribution in [-0.2, 0) is 10.2 Å². The fourth-order valence-electron chi connectivity index (χ4n) is 3.69. The Kier molecular flexibility index (Phi) is 8.63. The summed E-state index contributed by atoms with van der Waals surface area (Å²) in [5, 5.41) is 13.2. The SMILES string of the molecule is CCNC(=NCC1(c2ccc(Br)cc2)CCOCC1)N1CC[C@@H](O)C1.I. The predicted molar refractivity (Wildman–Crippen MR) is 119 cm³/mol. The van der Waals surface area contributed by atoms with Crippen molar-refractivity contribution in [2.45, 2.75) is 37.7 Å². The summed E-state index contributed by atoms with van der Waals surface area (Å²) in [6.07, 6.45) is 2.54. The molecule has 2 fully saturated rings. The molecule has 0 aromatic heterocycles. The first-order chi connectivity index (χ1) is 12.1. The van der Waals surface area contributed by atoms with E-state index in [0.29, 0.717) is 6.54 Å². The van der Waals surface area contributed by atoms with E-state index < -0.39 is 0 Å². The molecule has 146 valence electrons. The molecular formula is C19H29BrIN3O2. The number of aliphatic hydroxyl groups is 1. The number of nitrogens with zero attached hydrogens (tertiary/aromatic N) is 2. The van der Waals surface area contributed by atoms with E-state index in [1.807, 2.05) is 0 Å². The highest BCUT2D eigenvalue weighted by Crippen LogP contribution is 2.36. The second kappa shape index (κ2) is 10.2. The maximum Gasteiger partial charge on any atom is 0.194 e. The van der Waals surface area contributed by atoms with Gasteiger partial charge in [-0.25, -0.2) is 0 Å². The van der Waals surface area contributed by atoms with Gasteiger partial charge >= 0.3 is 0 Å². The van der Waals surface area contributed by atoms with Gasteiger partial charge in [0.25, 0.3) is 0 Å². The number of aliphatic imine (C=N–C) groups is 1. The van der Waals surface area contributed by atoms with Gasteiger partial charge in [-0.1, -0.05) is 28.1 Å². The van der Waals surface area contributed by atoms with Crippen LogP contribution in [0.4, 0.5) is 0 Å². The minimum atomic E-state index is -0.243. The van der Waals surface area contributed by atoms with E-state index in [1.165, 1.54) is 5.56 Å². The predicted octanol–water partition coefficient (Wildman–Crippen LogP) is 3.15. The summed E-state index contributed by atoms with van der Waals surface area (Å²) < 4.78 is 6.72. The van der Waals surface area contributed by atoms with Crippen molar-refractivity contribution in [2.75, 3.05) is 39.4 Å². The number of aliphatic hydroxyl groups excluding tert-OH is 1. The molecule has 3 rings (SSSR count). The van der Waals surface area contributed by atoms with Gasteiger partial charge in [0, 0.05) is 42.7 Å². The molecule has 0 radical (unpaired) electrons. The summed E-state index contributed by atoms with van der Waals surface area (Å²) in [6.45, 7) is 6.75. The number of ether oxygens (including phenoxy) is 1. The highest BCUT2D eigenvalue weighted by Gasteiger charge is 2.35. The molecule has 0 unspecified atom stereocenters. The Bertz CT molecular complexity index is 591. The smallest absolute Gasteiger partial charge is 0.194 e. The minimum Gasteiger partial charge on any atom is -0.391 e. The van der Waals surface area contributed by atoms with Gasteiger partial charge < -0.3 is 20.1 Å². The summed E-state index contributed by atoms with van der Waals surface area (Å²) >= 11 is 3.53. The highest BCUT2D eigenvalue weighted by molar-refractivity contribution is 14.0. The zero-order valence-corrected chi connectivity index (χ0v) is 19.2. The standard InChI is InChI=1S/C19H28BrN3O2.HI/c1-2-21-18(23-10-7-17(24)13-23)22-14-19(8-11-25-12-9-19)15-3-5-16(20)6-4-15;/h3-6,17,24H,2,7-14H2,1H3,(H,21,22);1H/t17-;/m1./s1. The number of likely N-dealkylation sites (tertiary alicyclic amines) is 1. The Morgan fingerprint density at radius 1 is 1.35 bits per heavy atom. The molecule has 0 amide bonds. The van der Waals surface area contributed by atoms with Crippen LogP contribution in [0.2, 0.25) is 0 Å². The summed E-state index contributed by atoms with van der Waals surface area (Å²) in [5.41, 5.74) is 1.36. The number of guanidine groups is 1. The second-order valence-corrected chi connectivity index (χ2v) is 7.87. The van der Waals surface area contributed by atoms with Crippen molar-refractivity contribution in [3.8, 4) is 0 Å². The zero-order valence-electron chi connectivity index (χ0n) is 15.3. The molecule has 5 nitrogen and oxygen atoms in total. The lowest BCUT2D eigenvalue weighted by molar-refractivity contribution is 0.0530. The summed E-state index contributed by atoms with van der Waals surface area (Å²) in [4.78, 5) is 7.15. The molecule has 0 aliphatic carbocycles. The van der Waals surface area contributed by atoms with Crippen LogP contribution in [0.15, 0.2) is 33.7 Å².